The van der Waals surface area contributed by atoms with Gasteiger partial charge in [0.15, 0.2) is 5.78 Å². The number of hydrogen-bond donors (Lipinski definition) is 1. The van der Waals surface area contributed by atoms with Crippen LogP contribution in [0.15, 0.2) is 12.1 Å². The molecule has 0 radical (unpaired) electrons. The molecule has 0 unspecified atom stereocenters. The summed E-state index contributed by atoms with van der Waals surface area (Å²) in [6.07, 6.45) is 0. The van der Waals surface area contributed by atoms with Crippen molar-refractivity contribution in [3.05, 3.63) is 31.4 Å². The van der Waals surface area contributed by atoms with Gasteiger partial charge in [0.2, 0.25) is 0 Å². The molecule has 74 valence electrons. The predicted molar refractivity (Wildman–Crippen MR) is 57.5 cm³/mol. The van der Waals surface area contributed by atoms with Crippen LogP contribution < -0.4 is 0 Å². The van der Waals surface area contributed by atoms with E-state index < -0.39 is 10.7 Å². The lowest BCUT2D eigenvalue weighted by Gasteiger charge is -2.03. The van der Waals surface area contributed by atoms with Crippen LogP contribution in [0, 0.1) is 13.7 Å². The van der Waals surface area contributed by atoms with E-state index >= 15 is 0 Å². The smallest absolute Gasteiger partial charge is 0.284 e. The van der Waals surface area contributed by atoms with E-state index in [0.717, 1.165) is 0 Å². The molecular formula is C8H6INO4. The molecule has 5 nitrogen and oxygen atoms in total. The highest BCUT2D eigenvalue weighted by Gasteiger charge is 2.22. The minimum absolute atomic E-state index is 0.234. The fourth-order valence-corrected chi connectivity index (χ4v) is 1.50. The number of nitro groups is 1. The van der Waals surface area contributed by atoms with Gasteiger partial charge in [0, 0.05) is 6.07 Å². The number of nitro benzene ring substituents is 1. The third-order valence-electron chi connectivity index (χ3n) is 1.66. The molecule has 0 fully saturated rings. The number of benzene rings is 1. The Morgan fingerprint density at radius 2 is 2.14 bits per heavy atom. The number of aromatic hydroxyl groups is 1. The molecule has 0 bridgehead atoms. The van der Waals surface area contributed by atoms with Crippen molar-refractivity contribution in [2.75, 3.05) is 0 Å². The van der Waals surface area contributed by atoms with Gasteiger partial charge in [-0.1, -0.05) is 0 Å². The van der Waals surface area contributed by atoms with Crippen molar-refractivity contribution in [1.82, 2.24) is 0 Å². The summed E-state index contributed by atoms with van der Waals surface area (Å²) in [5.41, 5.74) is -0.600. The Kier molecular flexibility index (Phi) is 3.04. The molecule has 0 aromatic heterocycles. The molecule has 6 heteroatoms. The zero-order valence-corrected chi connectivity index (χ0v) is 9.31. The SMILES string of the molecule is CC(=O)c1c([N+](=O)[O-])ccc(I)c1O. The second-order valence-corrected chi connectivity index (χ2v) is 3.77. The first-order valence-electron chi connectivity index (χ1n) is 3.62. The molecule has 0 aliphatic carbocycles. The van der Waals surface area contributed by atoms with Gasteiger partial charge in [-0.25, -0.2) is 0 Å². The zero-order chi connectivity index (χ0) is 10.9. The number of Topliss-reactive ketones (excluding diaryl/α,β-unsaturated/α-hetero) is 1. The highest BCUT2D eigenvalue weighted by atomic mass is 127. The molecule has 0 amide bonds. The van der Waals surface area contributed by atoms with Crippen molar-refractivity contribution in [3.8, 4) is 5.75 Å². The molecule has 0 aliphatic heterocycles. The van der Waals surface area contributed by atoms with E-state index in [2.05, 4.69) is 0 Å². The molecule has 0 saturated carbocycles. The van der Waals surface area contributed by atoms with Gasteiger partial charge < -0.3 is 5.11 Å². The number of phenolic OH excluding ortho intramolecular Hbond substituents is 1. The fourth-order valence-electron chi connectivity index (χ4n) is 1.05. The number of hydrogen-bond acceptors (Lipinski definition) is 4. The third kappa shape index (κ3) is 1.84. The normalized spacial score (nSPS) is 9.86. The van der Waals surface area contributed by atoms with E-state index in [1.165, 1.54) is 19.1 Å². The predicted octanol–water partition coefficient (Wildman–Crippen LogP) is 2.11. The second kappa shape index (κ2) is 3.91. The van der Waals surface area contributed by atoms with Crippen LogP contribution in [0.1, 0.15) is 17.3 Å². The molecule has 0 aliphatic rings. The molecule has 0 saturated heterocycles. The summed E-state index contributed by atoms with van der Waals surface area (Å²) in [7, 11) is 0. The van der Waals surface area contributed by atoms with Crippen LogP contribution in [0.2, 0.25) is 0 Å². The summed E-state index contributed by atoms with van der Waals surface area (Å²) in [5.74, 6) is -0.847. The standard InChI is InChI=1S/C8H6INO4/c1-4(11)7-6(10(13)14)3-2-5(9)8(7)12/h2-3,12H,1H3. The first-order valence-corrected chi connectivity index (χ1v) is 4.69. The second-order valence-electron chi connectivity index (χ2n) is 2.60. The highest BCUT2D eigenvalue weighted by molar-refractivity contribution is 14.1. The number of halogens is 1. The molecule has 1 rings (SSSR count). The minimum Gasteiger partial charge on any atom is -0.506 e. The van der Waals surface area contributed by atoms with E-state index in [-0.39, 0.29) is 17.0 Å². The van der Waals surface area contributed by atoms with Crippen LogP contribution in [-0.2, 0) is 0 Å². The Morgan fingerprint density at radius 1 is 1.57 bits per heavy atom. The topological polar surface area (TPSA) is 80.4 Å². The van der Waals surface area contributed by atoms with E-state index in [0.29, 0.717) is 3.57 Å². The quantitative estimate of drug-likeness (QED) is 0.393. The summed E-state index contributed by atoms with van der Waals surface area (Å²) < 4.78 is 0.415. The van der Waals surface area contributed by atoms with E-state index in [4.69, 9.17) is 0 Å². The number of rotatable bonds is 2. The summed E-state index contributed by atoms with van der Waals surface area (Å²) in [4.78, 5) is 20.9. The van der Waals surface area contributed by atoms with Crippen molar-refractivity contribution in [2.24, 2.45) is 0 Å². The maximum Gasteiger partial charge on any atom is 0.284 e. The molecule has 1 aromatic carbocycles. The van der Waals surface area contributed by atoms with Crippen LogP contribution in [-0.4, -0.2) is 15.8 Å². The highest BCUT2D eigenvalue weighted by Crippen LogP contribution is 2.32. The molecule has 0 spiro atoms. The van der Waals surface area contributed by atoms with Gasteiger partial charge in [0.1, 0.15) is 11.3 Å². The Bertz CT molecular complexity index is 416. The van der Waals surface area contributed by atoms with Crippen molar-refractivity contribution in [2.45, 2.75) is 6.92 Å². The Labute approximate surface area is 93.0 Å². The maximum atomic E-state index is 11.1. The lowest BCUT2D eigenvalue weighted by atomic mass is 10.1. The number of carbonyl (C=O) groups is 1. The third-order valence-corrected chi connectivity index (χ3v) is 2.53. The van der Waals surface area contributed by atoms with Crippen LogP contribution in [0.3, 0.4) is 0 Å². The Hall–Kier alpha value is -1.18. The number of carbonyl (C=O) groups excluding carboxylic acids is 1. The van der Waals surface area contributed by atoms with Crippen molar-refractivity contribution in [3.63, 3.8) is 0 Å². The molecule has 1 aromatic rings. The first-order chi connectivity index (χ1) is 6.45. The van der Waals surface area contributed by atoms with Crippen LogP contribution >= 0.6 is 22.6 Å². The van der Waals surface area contributed by atoms with Crippen molar-refractivity contribution >= 4 is 34.1 Å². The summed E-state index contributed by atoms with van der Waals surface area (Å²) in [6.45, 7) is 1.18. The average molecular weight is 307 g/mol. The van der Waals surface area contributed by atoms with E-state index in [1.54, 1.807) is 22.6 Å². The molecular weight excluding hydrogens is 301 g/mol. The van der Waals surface area contributed by atoms with Gasteiger partial charge in [-0.3, -0.25) is 14.9 Å². The maximum absolute atomic E-state index is 11.1. The van der Waals surface area contributed by atoms with Crippen molar-refractivity contribution < 1.29 is 14.8 Å². The summed E-state index contributed by atoms with van der Waals surface area (Å²) >= 11 is 1.80. The summed E-state index contributed by atoms with van der Waals surface area (Å²) in [6, 6.07) is 2.60. The number of ketones is 1. The Balaban J connectivity index is 3.53. The van der Waals surface area contributed by atoms with E-state index in [1.807, 2.05) is 0 Å². The van der Waals surface area contributed by atoms with Gasteiger partial charge in [0.05, 0.1) is 8.49 Å². The fraction of sp³-hybridized carbons (Fsp3) is 0.125. The van der Waals surface area contributed by atoms with Crippen molar-refractivity contribution in [1.29, 1.82) is 0 Å². The largest absolute Gasteiger partial charge is 0.506 e. The first kappa shape index (κ1) is 10.9. The van der Waals surface area contributed by atoms with Gasteiger partial charge in [-0.05, 0) is 35.6 Å². The van der Waals surface area contributed by atoms with Crippen LogP contribution in [0.5, 0.6) is 5.75 Å². The molecule has 1 N–H and O–H groups in total. The van der Waals surface area contributed by atoms with Gasteiger partial charge in [-0.15, -0.1) is 0 Å². The average Bonchev–Trinajstić information content (AvgIpc) is 2.08. The molecule has 14 heavy (non-hydrogen) atoms. The van der Waals surface area contributed by atoms with Crippen LogP contribution in [0.4, 0.5) is 5.69 Å². The lowest BCUT2D eigenvalue weighted by Crippen LogP contribution is -2.01. The number of phenols is 1. The molecule has 0 atom stereocenters. The molecule has 0 heterocycles. The van der Waals surface area contributed by atoms with E-state index in [9.17, 15) is 20.0 Å². The monoisotopic (exact) mass is 307 g/mol. The van der Waals surface area contributed by atoms with Gasteiger partial charge >= 0.3 is 0 Å². The van der Waals surface area contributed by atoms with Gasteiger partial charge in [0.25, 0.3) is 5.69 Å². The van der Waals surface area contributed by atoms with Gasteiger partial charge in [-0.2, -0.15) is 0 Å². The Morgan fingerprint density at radius 3 is 2.57 bits per heavy atom. The zero-order valence-electron chi connectivity index (χ0n) is 7.15. The summed E-state index contributed by atoms with van der Waals surface area (Å²) in [5, 5.41) is 20.0. The number of nitrogens with zero attached hydrogens (tertiary/aromatic N) is 1. The lowest BCUT2D eigenvalue weighted by molar-refractivity contribution is -0.385. The van der Waals surface area contributed by atoms with Crippen LogP contribution in [0.25, 0.3) is 0 Å². The minimum atomic E-state index is -0.688.